The van der Waals surface area contributed by atoms with Crippen LogP contribution in [0.5, 0.6) is 5.88 Å². The third-order valence-corrected chi connectivity index (χ3v) is 5.21. The maximum atomic E-state index is 13.4. The van der Waals surface area contributed by atoms with Gasteiger partial charge >= 0.3 is 12.1 Å². The van der Waals surface area contributed by atoms with E-state index in [1.165, 1.54) is 14.0 Å². The molecule has 0 saturated heterocycles. The van der Waals surface area contributed by atoms with Crippen LogP contribution in [-0.4, -0.2) is 32.7 Å². The van der Waals surface area contributed by atoms with Crippen molar-refractivity contribution in [1.82, 2.24) is 14.8 Å². The Balaban J connectivity index is 2.23. The number of rotatable bonds is 3. The molecule has 9 heteroatoms. The van der Waals surface area contributed by atoms with Crippen molar-refractivity contribution in [3.8, 4) is 5.88 Å². The van der Waals surface area contributed by atoms with Crippen molar-refractivity contribution in [3.05, 3.63) is 51.3 Å². The fourth-order valence-electron chi connectivity index (χ4n) is 3.47. The molecule has 0 fully saturated rings. The van der Waals surface area contributed by atoms with Crippen molar-refractivity contribution >= 4 is 22.7 Å². The van der Waals surface area contributed by atoms with E-state index in [2.05, 4.69) is 14.8 Å². The fraction of sp³-hybridized carbons (Fsp3) is 0.333. The van der Waals surface area contributed by atoms with Crippen LogP contribution in [0.1, 0.15) is 44.0 Å². The lowest BCUT2D eigenvalue weighted by molar-refractivity contribution is -0.190. The van der Waals surface area contributed by atoms with Gasteiger partial charge in [-0.1, -0.05) is 6.07 Å². The molecule has 0 aliphatic rings. The number of hydrogen-bond acceptors (Lipinski definition) is 5. The van der Waals surface area contributed by atoms with Crippen LogP contribution >= 0.6 is 0 Å². The van der Waals surface area contributed by atoms with E-state index in [1.807, 2.05) is 27.7 Å². The van der Waals surface area contributed by atoms with E-state index >= 15 is 0 Å². The van der Waals surface area contributed by atoms with Gasteiger partial charge in [-0.15, -0.1) is 0 Å². The smallest absolute Gasteiger partial charge is 0.400 e. The van der Waals surface area contributed by atoms with Gasteiger partial charge in [0.25, 0.3) is 0 Å². The van der Waals surface area contributed by atoms with Crippen molar-refractivity contribution in [1.29, 1.82) is 0 Å². The number of hydrogen-bond donors (Lipinski definition) is 0. The molecular formula is C21H20F3N3O3. The summed E-state index contributed by atoms with van der Waals surface area (Å²) in [7, 11) is 1.30. The van der Waals surface area contributed by atoms with Gasteiger partial charge in [-0.2, -0.15) is 18.3 Å². The lowest BCUT2D eigenvalue weighted by Gasteiger charge is -2.14. The average molecular weight is 419 g/mol. The number of aromatic nitrogens is 3. The molecule has 0 unspecified atom stereocenters. The second-order valence-corrected chi connectivity index (χ2v) is 7.21. The number of nitrogens with zero attached hydrogens (tertiary/aromatic N) is 3. The quantitative estimate of drug-likeness (QED) is 0.470. The summed E-state index contributed by atoms with van der Waals surface area (Å²) in [6.45, 7) is 9.04. The second-order valence-electron chi connectivity index (χ2n) is 7.21. The van der Waals surface area contributed by atoms with Gasteiger partial charge in [-0.05, 0) is 57.4 Å². The van der Waals surface area contributed by atoms with E-state index in [-0.39, 0.29) is 16.8 Å². The zero-order valence-corrected chi connectivity index (χ0v) is 17.4. The number of pyridine rings is 1. The first-order valence-corrected chi connectivity index (χ1v) is 9.09. The number of esters is 1. The van der Waals surface area contributed by atoms with Crippen LogP contribution in [0.25, 0.3) is 10.9 Å². The van der Waals surface area contributed by atoms with Gasteiger partial charge in [0.05, 0.1) is 11.2 Å². The van der Waals surface area contributed by atoms with Crippen molar-refractivity contribution in [3.63, 3.8) is 0 Å². The molecule has 0 bridgehead atoms. The Labute approximate surface area is 170 Å². The molecule has 6 nitrogen and oxygen atoms in total. The molecular weight excluding hydrogens is 399 g/mol. The molecule has 0 N–H and O–H groups in total. The fourth-order valence-corrected chi connectivity index (χ4v) is 3.47. The van der Waals surface area contributed by atoms with Crippen LogP contribution in [0.3, 0.4) is 0 Å². The second kappa shape index (κ2) is 7.23. The molecule has 0 spiro atoms. The van der Waals surface area contributed by atoms with Gasteiger partial charge in [0.1, 0.15) is 5.56 Å². The number of carbonyl (C=O) groups is 2. The van der Waals surface area contributed by atoms with Gasteiger partial charge in [-0.25, -0.2) is 9.48 Å². The van der Waals surface area contributed by atoms with Crippen molar-refractivity contribution in [2.75, 3.05) is 0 Å². The Hall–Kier alpha value is -3.23. The number of benzene rings is 1. The first-order valence-electron chi connectivity index (χ1n) is 9.09. The van der Waals surface area contributed by atoms with Crippen LogP contribution in [0, 0.1) is 34.6 Å². The molecule has 0 aliphatic heterocycles. The summed E-state index contributed by atoms with van der Waals surface area (Å²) in [4.78, 5) is 29.4. The molecule has 0 saturated carbocycles. The predicted octanol–water partition coefficient (Wildman–Crippen LogP) is 4.21. The average Bonchev–Trinajstić information content (AvgIpc) is 2.91. The third-order valence-electron chi connectivity index (χ3n) is 5.21. The number of carbonyl (C=O) groups excluding carboxylic acids is 2. The summed E-state index contributed by atoms with van der Waals surface area (Å²) in [6, 6.07) is 3.33. The zero-order valence-electron chi connectivity index (χ0n) is 17.4. The highest BCUT2D eigenvalue weighted by Gasteiger charge is 2.43. The number of alkyl halides is 3. The Morgan fingerprint density at radius 1 is 1.00 bits per heavy atom. The SMILES string of the molecule is Cc1nc2c(C(=O)c3c(C)nn(C)c3OC(=O)C(F)(F)F)ccc(C)c2c(C)c1C. The van der Waals surface area contributed by atoms with Crippen LogP contribution in [0.4, 0.5) is 13.2 Å². The molecule has 3 rings (SSSR count). The number of ether oxygens (including phenoxy) is 1. The molecule has 1 aromatic carbocycles. The summed E-state index contributed by atoms with van der Waals surface area (Å²) in [5, 5.41) is 4.78. The maximum absolute atomic E-state index is 13.4. The minimum atomic E-state index is -5.21. The van der Waals surface area contributed by atoms with Gasteiger partial charge in [0.2, 0.25) is 11.7 Å². The Morgan fingerprint density at radius 3 is 2.23 bits per heavy atom. The van der Waals surface area contributed by atoms with Crippen LogP contribution in [0.15, 0.2) is 12.1 Å². The molecule has 3 aromatic rings. The Kier molecular flexibility index (Phi) is 5.17. The van der Waals surface area contributed by atoms with E-state index in [4.69, 9.17) is 0 Å². The number of aryl methyl sites for hydroxylation is 5. The van der Waals surface area contributed by atoms with Gasteiger partial charge < -0.3 is 4.74 Å². The molecule has 2 aromatic heterocycles. The summed E-state index contributed by atoms with van der Waals surface area (Å²) < 4.78 is 43.6. The summed E-state index contributed by atoms with van der Waals surface area (Å²) in [5.74, 6) is -3.60. The number of fused-ring (bicyclic) bond motifs is 1. The number of ketones is 1. The molecule has 0 radical (unpaired) electrons. The lowest BCUT2D eigenvalue weighted by Crippen LogP contribution is -2.29. The highest BCUT2D eigenvalue weighted by atomic mass is 19.4. The molecule has 0 atom stereocenters. The molecule has 30 heavy (non-hydrogen) atoms. The van der Waals surface area contributed by atoms with E-state index < -0.39 is 23.8 Å². The minimum Gasteiger partial charge on any atom is -0.400 e. The van der Waals surface area contributed by atoms with Crippen LogP contribution in [-0.2, 0) is 11.8 Å². The van der Waals surface area contributed by atoms with Crippen molar-refractivity contribution in [2.45, 2.75) is 40.8 Å². The predicted molar refractivity (Wildman–Crippen MR) is 104 cm³/mol. The van der Waals surface area contributed by atoms with Gasteiger partial charge in [0.15, 0.2) is 0 Å². The highest BCUT2D eigenvalue weighted by Crippen LogP contribution is 2.32. The van der Waals surface area contributed by atoms with Gasteiger partial charge in [0, 0.05) is 23.7 Å². The topological polar surface area (TPSA) is 74.1 Å². The zero-order chi connectivity index (χ0) is 22.5. The number of halogens is 3. The third kappa shape index (κ3) is 3.44. The van der Waals surface area contributed by atoms with Crippen molar-refractivity contribution < 1.29 is 27.5 Å². The van der Waals surface area contributed by atoms with E-state index in [9.17, 15) is 22.8 Å². The van der Waals surface area contributed by atoms with Crippen LogP contribution in [0.2, 0.25) is 0 Å². The summed E-state index contributed by atoms with van der Waals surface area (Å²) in [5.41, 5.74) is 4.19. The molecule has 158 valence electrons. The molecule has 0 amide bonds. The Bertz CT molecular complexity index is 1210. The Morgan fingerprint density at radius 2 is 1.63 bits per heavy atom. The normalized spacial score (nSPS) is 11.8. The largest absolute Gasteiger partial charge is 0.491 e. The van der Waals surface area contributed by atoms with Crippen molar-refractivity contribution in [2.24, 2.45) is 7.05 Å². The minimum absolute atomic E-state index is 0.141. The lowest BCUT2D eigenvalue weighted by atomic mass is 9.93. The molecule has 2 heterocycles. The monoisotopic (exact) mass is 419 g/mol. The molecule has 0 aliphatic carbocycles. The van der Waals surface area contributed by atoms with E-state index in [0.717, 1.165) is 32.5 Å². The van der Waals surface area contributed by atoms with E-state index in [0.29, 0.717) is 5.52 Å². The first kappa shape index (κ1) is 21.5. The van der Waals surface area contributed by atoms with Gasteiger partial charge in [-0.3, -0.25) is 9.78 Å². The maximum Gasteiger partial charge on any atom is 0.491 e. The summed E-state index contributed by atoms with van der Waals surface area (Å²) >= 11 is 0. The first-order chi connectivity index (χ1) is 13.8. The highest BCUT2D eigenvalue weighted by molar-refractivity contribution is 6.18. The van der Waals surface area contributed by atoms with E-state index in [1.54, 1.807) is 12.1 Å². The summed E-state index contributed by atoms with van der Waals surface area (Å²) in [6.07, 6.45) is -5.21. The van der Waals surface area contributed by atoms with Crippen LogP contribution < -0.4 is 4.74 Å². The standard InChI is InChI=1S/C21H20F3N3O3/c1-9-7-8-14(17-15(9)11(3)10(2)12(4)25-17)18(28)16-13(5)26-27(6)19(16)30-20(29)21(22,23)24/h7-8H,1-6H3.